The molecule has 0 aliphatic heterocycles. The van der Waals surface area contributed by atoms with Gasteiger partial charge < -0.3 is 0 Å². The van der Waals surface area contributed by atoms with Crippen molar-refractivity contribution in [2.45, 2.75) is 20.3 Å². The summed E-state index contributed by atoms with van der Waals surface area (Å²) in [6, 6.07) is 1.93. The van der Waals surface area contributed by atoms with Gasteiger partial charge in [0.05, 0.1) is 5.39 Å². The number of aryl methyl sites for hydroxylation is 2. The van der Waals surface area contributed by atoms with Gasteiger partial charge in [0.25, 0.3) is 5.56 Å². The standard InChI is InChI=1S/C10H9N3OS2/c1-3-6-4-7-8(16-6)11-10-13(9(7)14)12-5(2)15-10/h4H,3H2,1-2H3. The van der Waals surface area contributed by atoms with Crippen LogP contribution >= 0.6 is 22.7 Å². The van der Waals surface area contributed by atoms with Gasteiger partial charge in [0.2, 0.25) is 4.96 Å². The third-order valence-corrected chi connectivity index (χ3v) is 4.39. The molecule has 0 unspecified atom stereocenters. The zero-order valence-corrected chi connectivity index (χ0v) is 10.5. The number of rotatable bonds is 1. The molecule has 82 valence electrons. The summed E-state index contributed by atoms with van der Waals surface area (Å²) < 4.78 is 1.40. The third kappa shape index (κ3) is 1.30. The van der Waals surface area contributed by atoms with Crippen LogP contribution in [0.4, 0.5) is 0 Å². The van der Waals surface area contributed by atoms with Crippen molar-refractivity contribution in [3.63, 3.8) is 0 Å². The van der Waals surface area contributed by atoms with Gasteiger partial charge in [-0.2, -0.15) is 9.61 Å². The molecule has 0 saturated carbocycles. The van der Waals surface area contributed by atoms with Crippen molar-refractivity contribution in [1.82, 2.24) is 14.6 Å². The molecule has 0 aliphatic rings. The van der Waals surface area contributed by atoms with Crippen molar-refractivity contribution >= 4 is 37.9 Å². The summed E-state index contributed by atoms with van der Waals surface area (Å²) in [5.41, 5.74) is -0.0553. The highest BCUT2D eigenvalue weighted by atomic mass is 32.1. The molecule has 0 saturated heterocycles. The van der Waals surface area contributed by atoms with Crippen LogP contribution in [-0.4, -0.2) is 14.6 Å². The Morgan fingerprint density at radius 2 is 2.25 bits per heavy atom. The summed E-state index contributed by atoms with van der Waals surface area (Å²) in [5, 5.41) is 5.71. The zero-order chi connectivity index (χ0) is 11.3. The molecule has 3 rings (SSSR count). The zero-order valence-electron chi connectivity index (χ0n) is 8.85. The molecule has 0 bridgehead atoms. The molecule has 6 heteroatoms. The maximum Gasteiger partial charge on any atom is 0.283 e. The summed E-state index contributed by atoms with van der Waals surface area (Å²) >= 11 is 3.04. The van der Waals surface area contributed by atoms with Gasteiger partial charge in [-0.3, -0.25) is 4.79 Å². The van der Waals surface area contributed by atoms with E-state index < -0.39 is 0 Å². The van der Waals surface area contributed by atoms with Gasteiger partial charge >= 0.3 is 0 Å². The fraction of sp³-hybridized carbons (Fsp3) is 0.300. The predicted octanol–water partition coefficient (Wildman–Crippen LogP) is 2.24. The summed E-state index contributed by atoms with van der Waals surface area (Å²) in [6.45, 7) is 3.96. The maximum absolute atomic E-state index is 12.1. The first kappa shape index (κ1) is 9.92. The SMILES string of the molecule is CCc1cc2c(=O)n3nc(C)sc3nc2s1. The second-order valence-corrected chi connectivity index (χ2v) is 5.79. The molecule has 0 N–H and O–H groups in total. The van der Waals surface area contributed by atoms with E-state index in [-0.39, 0.29) is 5.56 Å². The fourth-order valence-electron chi connectivity index (χ4n) is 1.62. The Morgan fingerprint density at radius 3 is 3.00 bits per heavy atom. The van der Waals surface area contributed by atoms with E-state index >= 15 is 0 Å². The molecule has 0 atom stereocenters. The van der Waals surface area contributed by atoms with Gasteiger partial charge in [-0.25, -0.2) is 4.98 Å². The minimum atomic E-state index is -0.0553. The fourth-order valence-corrected chi connectivity index (χ4v) is 3.37. The van der Waals surface area contributed by atoms with Crippen LogP contribution < -0.4 is 5.56 Å². The monoisotopic (exact) mass is 251 g/mol. The Hall–Kier alpha value is -1.27. The summed E-state index contributed by atoms with van der Waals surface area (Å²) in [7, 11) is 0. The van der Waals surface area contributed by atoms with E-state index in [0.29, 0.717) is 10.3 Å². The van der Waals surface area contributed by atoms with Crippen LogP contribution in [0.15, 0.2) is 10.9 Å². The number of thiophene rings is 1. The van der Waals surface area contributed by atoms with Crippen molar-refractivity contribution in [2.75, 3.05) is 0 Å². The lowest BCUT2D eigenvalue weighted by atomic mass is 10.3. The van der Waals surface area contributed by atoms with Crippen molar-refractivity contribution in [2.24, 2.45) is 0 Å². The van der Waals surface area contributed by atoms with E-state index in [1.165, 1.54) is 20.7 Å². The molecule has 4 nitrogen and oxygen atoms in total. The molecule has 0 amide bonds. The molecular weight excluding hydrogens is 242 g/mol. The van der Waals surface area contributed by atoms with Gasteiger partial charge in [-0.05, 0) is 19.4 Å². The number of fused-ring (bicyclic) bond motifs is 2. The van der Waals surface area contributed by atoms with Crippen molar-refractivity contribution in [3.8, 4) is 0 Å². The highest BCUT2D eigenvalue weighted by molar-refractivity contribution is 7.19. The molecule has 0 aliphatic carbocycles. The van der Waals surface area contributed by atoms with E-state index in [2.05, 4.69) is 17.0 Å². The lowest BCUT2D eigenvalue weighted by Gasteiger charge is -1.89. The van der Waals surface area contributed by atoms with Crippen LogP contribution in [0.3, 0.4) is 0 Å². The van der Waals surface area contributed by atoms with E-state index in [4.69, 9.17) is 0 Å². The van der Waals surface area contributed by atoms with Crippen LogP contribution in [0.25, 0.3) is 15.2 Å². The van der Waals surface area contributed by atoms with Gasteiger partial charge in [0.1, 0.15) is 9.84 Å². The molecule has 3 aromatic rings. The highest BCUT2D eigenvalue weighted by Gasteiger charge is 2.11. The van der Waals surface area contributed by atoms with Crippen molar-refractivity contribution < 1.29 is 0 Å². The summed E-state index contributed by atoms with van der Waals surface area (Å²) in [6.07, 6.45) is 0.936. The average Bonchev–Trinajstić information content (AvgIpc) is 2.81. The average molecular weight is 251 g/mol. The van der Waals surface area contributed by atoms with Crippen LogP contribution in [0, 0.1) is 6.92 Å². The lowest BCUT2D eigenvalue weighted by Crippen LogP contribution is -2.14. The maximum atomic E-state index is 12.1. The van der Waals surface area contributed by atoms with E-state index in [0.717, 1.165) is 16.3 Å². The minimum Gasteiger partial charge on any atom is -0.267 e. The number of aromatic nitrogens is 3. The van der Waals surface area contributed by atoms with Crippen molar-refractivity contribution in [1.29, 1.82) is 0 Å². The Bertz CT molecular complexity index is 738. The Morgan fingerprint density at radius 1 is 1.44 bits per heavy atom. The first-order chi connectivity index (χ1) is 7.69. The Labute approximate surface area is 99.2 Å². The first-order valence-electron chi connectivity index (χ1n) is 4.98. The van der Waals surface area contributed by atoms with E-state index in [1.54, 1.807) is 11.3 Å². The van der Waals surface area contributed by atoms with E-state index in [1.807, 2.05) is 13.0 Å². The van der Waals surface area contributed by atoms with Gasteiger partial charge in [0.15, 0.2) is 0 Å². The Balaban J connectivity index is 2.51. The molecule has 0 spiro atoms. The van der Waals surface area contributed by atoms with Crippen LogP contribution in [0.1, 0.15) is 16.8 Å². The molecule has 0 radical (unpaired) electrons. The highest BCUT2D eigenvalue weighted by Crippen LogP contribution is 2.23. The first-order valence-corrected chi connectivity index (χ1v) is 6.61. The van der Waals surface area contributed by atoms with Crippen LogP contribution in [0.2, 0.25) is 0 Å². The smallest absolute Gasteiger partial charge is 0.267 e. The molecule has 3 heterocycles. The topological polar surface area (TPSA) is 47.3 Å². The molecule has 0 fully saturated rings. The quantitative estimate of drug-likeness (QED) is 0.666. The molecule has 3 aromatic heterocycles. The van der Waals surface area contributed by atoms with Crippen LogP contribution in [0.5, 0.6) is 0 Å². The van der Waals surface area contributed by atoms with Crippen molar-refractivity contribution in [3.05, 3.63) is 26.3 Å². The largest absolute Gasteiger partial charge is 0.283 e. The van der Waals surface area contributed by atoms with Gasteiger partial charge in [0, 0.05) is 4.88 Å². The molecule has 0 aromatic carbocycles. The predicted molar refractivity (Wildman–Crippen MR) is 66.6 cm³/mol. The normalized spacial score (nSPS) is 11.6. The molecular formula is C10H9N3OS2. The van der Waals surface area contributed by atoms with Gasteiger partial charge in [-0.1, -0.05) is 18.3 Å². The second kappa shape index (κ2) is 3.36. The van der Waals surface area contributed by atoms with Gasteiger partial charge in [-0.15, -0.1) is 11.3 Å². The number of nitrogens with zero attached hydrogens (tertiary/aromatic N) is 3. The summed E-state index contributed by atoms with van der Waals surface area (Å²) in [5.74, 6) is 0. The number of hydrogen-bond acceptors (Lipinski definition) is 5. The van der Waals surface area contributed by atoms with Crippen LogP contribution in [-0.2, 0) is 6.42 Å². The minimum absolute atomic E-state index is 0.0553. The number of hydrogen-bond donors (Lipinski definition) is 0. The third-order valence-electron chi connectivity index (χ3n) is 2.39. The second-order valence-electron chi connectivity index (χ2n) is 3.52. The summed E-state index contributed by atoms with van der Waals surface area (Å²) in [4.78, 5) is 19.3. The van der Waals surface area contributed by atoms with E-state index in [9.17, 15) is 4.79 Å². The molecule has 16 heavy (non-hydrogen) atoms. The Kier molecular flexibility index (Phi) is 2.08. The lowest BCUT2D eigenvalue weighted by molar-refractivity contribution is 0.896.